The number of aryl methyl sites for hydroxylation is 4. The Morgan fingerprint density at radius 3 is 1.64 bits per heavy atom. The van der Waals surface area contributed by atoms with E-state index in [4.69, 9.17) is 0 Å². The molecule has 0 atom stereocenters. The summed E-state index contributed by atoms with van der Waals surface area (Å²) >= 11 is 6.02. The fourth-order valence-corrected chi connectivity index (χ4v) is 8.05. The first kappa shape index (κ1) is 26.7. The van der Waals surface area contributed by atoms with Crippen molar-refractivity contribution in [1.82, 2.24) is 0 Å². The van der Waals surface area contributed by atoms with Gasteiger partial charge in [-0.05, 0) is 74.9 Å². The summed E-state index contributed by atoms with van der Waals surface area (Å²) in [5.74, 6) is 0. The van der Waals surface area contributed by atoms with Crippen molar-refractivity contribution in [2.45, 2.75) is 118 Å². The summed E-state index contributed by atoms with van der Waals surface area (Å²) in [6.07, 6.45) is 18.9. The van der Waals surface area contributed by atoms with Crippen LogP contribution >= 0.6 is 34.0 Å². The van der Waals surface area contributed by atoms with Crippen molar-refractivity contribution in [1.29, 1.82) is 0 Å². The highest BCUT2D eigenvalue weighted by Gasteiger charge is 2.18. The molecule has 0 aliphatic rings. The van der Waals surface area contributed by atoms with E-state index < -0.39 is 0 Å². The summed E-state index contributed by atoms with van der Waals surface area (Å²) in [7, 11) is 0. The Morgan fingerprint density at radius 1 is 0.515 bits per heavy atom. The van der Waals surface area contributed by atoms with Crippen LogP contribution in [-0.2, 0) is 12.8 Å². The van der Waals surface area contributed by atoms with Crippen LogP contribution in [0, 0.1) is 13.8 Å². The molecule has 0 spiro atoms. The molecule has 3 heteroatoms. The Labute approximate surface area is 215 Å². The standard InChI is InChI=1S/C30H44S3/c1-5-7-9-11-13-15-17-25-21-24(4)32-29(25)30-26(18-16-14-12-10-8-6-2)22-28(33-30)27-20-19-23(3)31-27/h19-22H,5-18H2,1-4H3. The van der Waals surface area contributed by atoms with Crippen molar-refractivity contribution >= 4 is 34.0 Å². The zero-order chi connectivity index (χ0) is 23.5. The van der Waals surface area contributed by atoms with E-state index in [1.54, 1.807) is 20.9 Å². The van der Waals surface area contributed by atoms with Crippen molar-refractivity contribution in [2.75, 3.05) is 0 Å². The first-order chi connectivity index (χ1) is 16.1. The molecule has 0 amide bonds. The zero-order valence-corrected chi connectivity index (χ0v) is 23.9. The van der Waals surface area contributed by atoms with Gasteiger partial charge in [-0.25, -0.2) is 0 Å². The summed E-state index contributed by atoms with van der Waals surface area (Å²) in [6.45, 7) is 9.12. The SMILES string of the molecule is CCCCCCCCc1cc(C)sc1-c1sc(-c2ccc(C)s2)cc1CCCCCCCC. The van der Waals surface area contributed by atoms with Gasteiger partial charge in [-0.1, -0.05) is 78.1 Å². The Bertz CT molecular complexity index is 940. The third-order valence-corrected chi connectivity index (χ3v) is 10.2. The third kappa shape index (κ3) is 8.37. The lowest BCUT2D eigenvalue weighted by molar-refractivity contribution is 0.607. The van der Waals surface area contributed by atoms with Crippen LogP contribution in [-0.4, -0.2) is 0 Å². The van der Waals surface area contributed by atoms with Gasteiger partial charge in [0.2, 0.25) is 0 Å². The molecule has 182 valence electrons. The van der Waals surface area contributed by atoms with Gasteiger partial charge < -0.3 is 0 Å². The van der Waals surface area contributed by atoms with Gasteiger partial charge in [0.25, 0.3) is 0 Å². The quantitative estimate of drug-likeness (QED) is 0.171. The van der Waals surface area contributed by atoms with Crippen molar-refractivity contribution in [3.8, 4) is 19.5 Å². The largest absolute Gasteiger partial charge is 0.140 e. The summed E-state index contributed by atoms with van der Waals surface area (Å²) < 4.78 is 0. The van der Waals surface area contributed by atoms with Gasteiger partial charge in [0.1, 0.15) is 0 Å². The Hall–Kier alpha value is -0.900. The topological polar surface area (TPSA) is 0 Å². The van der Waals surface area contributed by atoms with Gasteiger partial charge in [-0.3, -0.25) is 0 Å². The van der Waals surface area contributed by atoms with Gasteiger partial charge >= 0.3 is 0 Å². The highest BCUT2D eigenvalue weighted by Crippen LogP contribution is 2.45. The summed E-state index contributed by atoms with van der Waals surface area (Å²) in [5.41, 5.74) is 3.20. The van der Waals surface area contributed by atoms with Crippen LogP contribution in [0.15, 0.2) is 24.3 Å². The number of hydrogen-bond donors (Lipinski definition) is 0. The zero-order valence-electron chi connectivity index (χ0n) is 21.4. The summed E-state index contributed by atoms with van der Waals surface area (Å²) in [4.78, 5) is 8.95. The van der Waals surface area contributed by atoms with E-state index in [0.29, 0.717) is 0 Å². The minimum atomic E-state index is 1.23. The Balaban J connectivity index is 1.75. The maximum atomic E-state index is 2.53. The van der Waals surface area contributed by atoms with Gasteiger partial charge in [0.05, 0.1) is 0 Å². The molecule has 0 saturated carbocycles. The predicted octanol–water partition coefficient (Wildman–Crippen LogP) is 11.6. The molecule has 3 aromatic heterocycles. The third-order valence-electron chi connectivity index (χ3n) is 6.53. The minimum Gasteiger partial charge on any atom is -0.140 e. The number of thiophene rings is 3. The van der Waals surface area contributed by atoms with Crippen LogP contribution in [0.4, 0.5) is 0 Å². The molecule has 0 aliphatic heterocycles. The second kappa shape index (κ2) is 14.5. The second-order valence-electron chi connectivity index (χ2n) is 9.62. The van der Waals surface area contributed by atoms with Gasteiger partial charge in [-0.15, -0.1) is 34.0 Å². The maximum Gasteiger partial charge on any atom is 0.0484 e. The highest BCUT2D eigenvalue weighted by molar-refractivity contribution is 7.26. The van der Waals surface area contributed by atoms with Crippen LogP contribution in [0.1, 0.15) is 112 Å². The maximum absolute atomic E-state index is 2.53. The normalized spacial score (nSPS) is 11.5. The Morgan fingerprint density at radius 2 is 1.06 bits per heavy atom. The second-order valence-corrected chi connectivity index (χ2v) is 13.2. The lowest BCUT2D eigenvalue weighted by Gasteiger charge is -2.06. The fraction of sp³-hybridized carbons (Fsp3) is 0.600. The fourth-order valence-electron chi connectivity index (χ4n) is 4.63. The van der Waals surface area contributed by atoms with E-state index in [1.807, 2.05) is 34.0 Å². The summed E-state index contributed by atoms with van der Waals surface area (Å²) in [6, 6.07) is 9.60. The number of hydrogen-bond acceptors (Lipinski definition) is 3. The molecule has 3 heterocycles. The van der Waals surface area contributed by atoms with E-state index in [0.717, 1.165) is 0 Å². The molecule has 0 fully saturated rings. The molecule has 0 saturated heterocycles. The van der Waals surface area contributed by atoms with Gasteiger partial charge in [-0.2, -0.15) is 0 Å². The molecule has 33 heavy (non-hydrogen) atoms. The molecular formula is C30H44S3. The first-order valence-corrected chi connectivity index (χ1v) is 15.9. The van der Waals surface area contributed by atoms with Gasteiger partial charge in [0, 0.05) is 29.3 Å². The highest BCUT2D eigenvalue weighted by atomic mass is 32.1. The monoisotopic (exact) mass is 500 g/mol. The van der Waals surface area contributed by atoms with E-state index in [-0.39, 0.29) is 0 Å². The lowest BCUT2D eigenvalue weighted by Crippen LogP contribution is -1.89. The summed E-state index contributed by atoms with van der Waals surface area (Å²) in [5, 5.41) is 0. The van der Waals surface area contributed by atoms with Crippen LogP contribution in [0.25, 0.3) is 19.5 Å². The van der Waals surface area contributed by atoms with Gasteiger partial charge in [0.15, 0.2) is 0 Å². The molecule has 0 radical (unpaired) electrons. The van der Waals surface area contributed by atoms with Crippen LogP contribution < -0.4 is 0 Å². The van der Waals surface area contributed by atoms with E-state index >= 15 is 0 Å². The van der Waals surface area contributed by atoms with Crippen LogP contribution in [0.3, 0.4) is 0 Å². The average molecular weight is 501 g/mol. The van der Waals surface area contributed by atoms with Crippen LogP contribution in [0.5, 0.6) is 0 Å². The van der Waals surface area contributed by atoms with Crippen molar-refractivity contribution in [3.05, 3.63) is 45.1 Å². The molecule has 0 nitrogen and oxygen atoms in total. The average Bonchev–Trinajstić information content (AvgIpc) is 3.51. The molecule has 3 rings (SSSR count). The van der Waals surface area contributed by atoms with Crippen LogP contribution in [0.2, 0.25) is 0 Å². The molecule has 0 N–H and O–H groups in total. The molecule has 0 aromatic carbocycles. The predicted molar refractivity (Wildman–Crippen MR) is 155 cm³/mol. The number of rotatable bonds is 16. The van der Waals surface area contributed by atoms with E-state index in [9.17, 15) is 0 Å². The molecule has 0 aliphatic carbocycles. The van der Waals surface area contributed by atoms with Crippen molar-refractivity contribution < 1.29 is 0 Å². The van der Waals surface area contributed by atoms with E-state index in [1.165, 1.54) is 109 Å². The lowest BCUT2D eigenvalue weighted by atomic mass is 10.0. The van der Waals surface area contributed by atoms with Crippen molar-refractivity contribution in [3.63, 3.8) is 0 Å². The van der Waals surface area contributed by atoms with E-state index in [2.05, 4.69) is 52.0 Å². The van der Waals surface area contributed by atoms with Crippen molar-refractivity contribution in [2.24, 2.45) is 0 Å². The Kier molecular flexibility index (Phi) is 11.7. The smallest absolute Gasteiger partial charge is 0.0484 e. The molecular weight excluding hydrogens is 457 g/mol. The first-order valence-electron chi connectivity index (χ1n) is 13.4. The number of unbranched alkanes of at least 4 members (excludes halogenated alkanes) is 10. The molecule has 3 aromatic rings. The molecule has 0 bridgehead atoms. The molecule has 0 unspecified atom stereocenters. The minimum absolute atomic E-state index is 1.23.